The summed E-state index contributed by atoms with van der Waals surface area (Å²) in [5.41, 5.74) is 0.787. The summed E-state index contributed by atoms with van der Waals surface area (Å²) in [6, 6.07) is 2.96. The molecule has 0 atom stereocenters. The van der Waals surface area contributed by atoms with E-state index in [1.54, 1.807) is 0 Å². The lowest BCUT2D eigenvalue weighted by Crippen LogP contribution is -2.13. The number of alkyl halides is 4. The molecule has 0 spiro atoms. The predicted molar refractivity (Wildman–Crippen MR) is 64.3 cm³/mol. The molecule has 1 heterocycles. The Bertz CT molecular complexity index is 388. The number of hydrogen-bond acceptors (Lipinski definition) is 1. The molecule has 0 N–H and O–H groups in total. The zero-order chi connectivity index (χ0) is 11.4. The first kappa shape index (κ1) is 12.4. The molecule has 7 heteroatoms. The van der Waals surface area contributed by atoms with Crippen LogP contribution in [-0.2, 0) is 13.8 Å². The van der Waals surface area contributed by atoms with E-state index in [0.717, 1.165) is 0 Å². The van der Waals surface area contributed by atoms with Gasteiger partial charge in [-0.1, -0.05) is 69.6 Å². The van der Waals surface area contributed by atoms with E-state index in [4.69, 9.17) is 74.3 Å². The van der Waals surface area contributed by atoms with Crippen molar-refractivity contribution in [3.8, 4) is 0 Å². The average Bonchev–Trinajstić information content (AvgIpc) is 2.21. The smallest absolute Gasteiger partial charge is 0.247 e. The molecule has 0 saturated heterocycles. The zero-order valence-electron chi connectivity index (χ0n) is 6.83. The molecular weight excluding hydrogens is 325 g/mol. The highest BCUT2D eigenvalue weighted by molar-refractivity contribution is 6.52. The Hall–Kier alpha value is 0.920. The van der Waals surface area contributed by atoms with E-state index >= 15 is 0 Å². The summed E-state index contributed by atoms with van der Waals surface area (Å²) >= 11 is 35.2. The van der Waals surface area contributed by atoms with Gasteiger partial charge in [-0.2, -0.15) is 0 Å². The lowest BCUT2D eigenvalue weighted by Gasteiger charge is -2.16. The van der Waals surface area contributed by atoms with Crippen LogP contribution in [0.3, 0.4) is 0 Å². The molecule has 1 aromatic carbocycles. The molecule has 0 bridgehead atoms. The van der Waals surface area contributed by atoms with E-state index < -0.39 is 9.04 Å². The highest BCUT2D eigenvalue weighted by atomic mass is 35.5. The maximum absolute atomic E-state index is 5.88. The van der Waals surface area contributed by atoms with Crippen LogP contribution in [-0.4, -0.2) is 0 Å². The molecule has 0 aromatic heterocycles. The fraction of sp³-hybridized carbons (Fsp3) is 0.250. The van der Waals surface area contributed by atoms with E-state index in [2.05, 4.69) is 0 Å². The molecular formula is C8H2Cl6O. The van der Waals surface area contributed by atoms with Crippen molar-refractivity contribution in [2.45, 2.75) is 9.04 Å². The van der Waals surface area contributed by atoms with Crippen molar-refractivity contribution in [3.63, 3.8) is 0 Å². The number of ether oxygens (including phenoxy) is 1. The molecule has 1 nitrogen and oxygen atoms in total. The topological polar surface area (TPSA) is 9.23 Å². The summed E-state index contributed by atoms with van der Waals surface area (Å²) in [7, 11) is 0. The van der Waals surface area contributed by atoms with Crippen molar-refractivity contribution in [2.75, 3.05) is 0 Å². The van der Waals surface area contributed by atoms with Gasteiger partial charge in [0.15, 0.2) is 0 Å². The summed E-state index contributed by atoms with van der Waals surface area (Å²) in [6.45, 7) is 0. The van der Waals surface area contributed by atoms with Gasteiger partial charge in [0.25, 0.3) is 0 Å². The monoisotopic (exact) mass is 324 g/mol. The fourth-order valence-electron chi connectivity index (χ4n) is 1.30. The Morgan fingerprint density at radius 1 is 0.800 bits per heavy atom. The number of fused-ring (bicyclic) bond motifs is 1. The summed E-state index contributed by atoms with van der Waals surface area (Å²) in [5.74, 6) is 0. The van der Waals surface area contributed by atoms with E-state index in [0.29, 0.717) is 21.2 Å². The Labute approximate surface area is 116 Å². The minimum Gasteiger partial charge on any atom is -0.302 e. The first-order chi connectivity index (χ1) is 6.74. The first-order valence-electron chi connectivity index (χ1n) is 3.70. The number of rotatable bonds is 0. The van der Waals surface area contributed by atoms with Gasteiger partial charge in [0, 0.05) is 11.1 Å². The molecule has 1 aliphatic heterocycles. The van der Waals surface area contributed by atoms with Crippen LogP contribution in [0.15, 0.2) is 12.1 Å². The van der Waals surface area contributed by atoms with Crippen LogP contribution >= 0.6 is 69.6 Å². The first-order valence-corrected chi connectivity index (χ1v) is 5.96. The van der Waals surface area contributed by atoms with Crippen LogP contribution < -0.4 is 0 Å². The van der Waals surface area contributed by atoms with Gasteiger partial charge in [-0.25, -0.2) is 0 Å². The molecule has 1 aromatic rings. The summed E-state index contributed by atoms with van der Waals surface area (Å²) < 4.78 is 1.83. The van der Waals surface area contributed by atoms with Crippen molar-refractivity contribution >= 4 is 69.6 Å². The van der Waals surface area contributed by atoms with Crippen LogP contribution in [0.1, 0.15) is 11.1 Å². The lowest BCUT2D eigenvalue weighted by molar-refractivity contribution is 0.0518. The molecule has 0 aliphatic carbocycles. The van der Waals surface area contributed by atoms with Crippen molar-refractivity contribution < 1.29 is 4.74 Å². The predicted octanol–water partition coefficient (Wildman–Crippen LogP) is 5.20. The Kier molecular flexibility index (Phi) is 3.06. The third-order valence-electron chi connectivity index (χ3n) is 1.94. The maximum Gasteiger partial charge on any atom is 0.247 e. The Balaban J connectivity index is 2.71. The fourth-order valence-corrected chi connectivity index (χ4v) is 2.87. The number of halogens is 6. The summed E-state index contributed by atoms with van der Waals surface area (Å²) in [5, 5.41) is 0.603. The second-order valence-electron chi connectivity index (χ2n) is 2.95. The molecule has 82 valence electrons. The molecule has 1 aliphatic rings. The second-order valence-corrected chi connectivity index (χ2v) is 6.28. The van der Waals surface area contributed by atoms with Gasteiger partial charge in [0.05, 0.1) is 10.0 Å². The molecule has 0 radical (unpaired) electrons. The summed E-state index contributed by atoms with van der Waals surface area (Å²) in [6.07, 6.45) is 0. The highest BCUT2D eigenvalue weighted by Crippen LogP contribution is 2.57. The standard InChI is InChI=1S/C8H2Cl6O/c9-5-1-3-4(2-6(5)10)8(13,14)15-7(3,11)12/h1-2H. The van der Waals surface area contributed by atoms with Crippen LogP contribution in [0.2, 0.25) is 10.0 Å². The molecule has 0 fully saturated rings. The van der Waals surface area contributed by atoms with Crippen molar-refractivity contribution in [2.24, 2.45) is 0 Å². The molecule has 2 rings (SSSR count). The van der Waals surface area contributed by atoms with Crippen molar-refractivity contribution in [1.29, 1.82) is 0 Å². The van der Waals surface area contributed by atoms with Gasteiger partial charge in [-0.05, 0) is 12.1 Å². The molecule has 0 amide bonds. The molecule has 0 saturated carbocycles. The zero-order valence-corrected chi connectivity index (χ0v) is 11.4. The SMILES string of the molecule is Clc1cc2c(cc1Cl)C(Cl)(Cl)OC2(Cl)Cl. The second kappa shape index (κ2) is 3.71. The number of hydrogen-bond donors (Lipinski definition) is 0. The highest BCUT2D eigenvalue weighted by Gasteiger charge is 2.51. The summed E-state index contributed by atoms with van der Waals surface area (Å²) in [4.78, 5) is 0. The lowest BCUT2D eigenvalue weighted by atomic mass is 10.1. The minimum absolute atomic E-state index is 0.302. The Morgan fingerprint density at radius 3 is 1.47 bits per heavy atom. The third kappa shape index (κ3) is 2.04. The van der Waals surface area contributed by atoms with Gasteiger partial charge in [0.2, 0.25) is 9.04 Å². The molecule has 0 unspecified atom stereocenters. The van der Waals surface area contributed by atoms with Gasteiger partial charge < -0.3 is 4.74 Å². The third-order valence-corrected chi connectivity index (χ3v) is 3.79. The average molecular weight is 327 g/mol. The van der Waals surface area contributed by atoms with Crippen LogP contribution in [0.5, 0.6) is 0 Å². The van der Waals surface area contributed by atoms with E-state index in [1.807, 2.05) is 0 Å². The normalized spacial score (nSPS) is 21.5. The van der Waals surface area contributed by atoms with E-state index in [-0.39, 0.29) is 0 Å². The minimum atomic E-state index is -1.62. The van der Waals surface area contributed by atoms with Crippen molar-refractivity contribution in [3.05, 3.63) is 33.3 Å². The van der Waals surface area contributed by atoms with Gasteiger partial charge in [-0.3, -0.25) is 0 Å². The van der Waals surface area contributed by atoms with E-state index in [1.165, 1.54) is 12.1 Å². The quantitative estimate of drug-likeness (QED) is 0.595. The van der Waals surface area contributed by atoms with Crippen molar-refractivity contribution in [1.82, 2.24) is 0 Å². The maximum atomic E-state index is 5.88. The van der Waals surface area contributed by atoms with Gasteiger partial charge in [0.1, 0.15) is 0 Å². The molecule has 15 heavy (non-hydrogen) atoms. The Morgan fingerprint density at radius 2 is 1.13 bits per heavy atom. The largest absolute Gasteiger partial charge is 0.302 e. The number of benzene rings is 1. The van der Waals surface area contributed by atoms with Crippen LogP contribution in [0.25, 0.3) is 0 Å². The van der Waals surface area contributed by atoms with Gasteiger partial charge >= 0.3 is 0 Å². The van der Waals surface area contributed by atoms with Crippen LogP contribution in [0, 0.1) is 0 Å². The van der Waals surface area contributed by atoms with Crippen LogP contribution in [0.4, 0.5) is 0 Å². The van der Waals surface area contributed by atoms with E-state index in [9.17, 15) is 0 Å². The van der Waals surface area contributed by atoms with Gasteiger partial charge in [-0.15, -0.1) is 0 Å².